The quantitative estimate of drug-likeness (QED) is 0.699. The standard InChI is InChI=1S/C13H12N4O3/c18-12(19)2-1-9-3-11(8-14-4-9)13(20)15-5-10-6-16-17-7-10/h1-4,6-8H,5H2,(H,15,20)(H,16,17)(H,18,19). The zero-order valence-electron chi connectivity index (χ0n) is 10.4. The first-order valence-corrected chi connectivity index (χ1v) is 5.77. The monoisotopic (exact) mass is 272 g/mol. The van der Waals surface area contributed by atoms with Gasteiger partial charge in [0.25, 0.3) is 5.91 Å². The predicted molar refractivity (Wildman–Crippen MR) is 70.7 cm³/mol. The van der Waals surface area contributed by atoms with Crippen LogP contribution in [0.25, 0.3) is 6.08 Å². The van der Waals surface area contributed by atoms with Crippen molar-refractivity contribution in [2.45, 2.75) is 6.54 Å². The molecule has 0 aromatic carbocycles. The number of nitrogens with one attached hydrogen (secondary N) is 2. The number of carbonyl (C=O) groups is 2. The summed E-state index contributed by atoms with van der Waals surface area (Å²) in [6, 6.07) is 1.57. The Morgan fingerprint density at radius 3 is 2.90 bits per heavy atom. The van der Waals surface area contributed by atoms with Crippen LogP contribution in [0.3, 0.4) is 0 Å². The molecular weight excluding hydrogens is 260 g/mol. The van der Waals surface area contributed by atoms with Crippen molar-refractivity contribution in [3.8, 4) is 0 Å². The fraction of sp³-hybridized carbons (Fsp3) is 0.0769. The van der Waals surface area contributed by atoms with Gasteiger partial charge in [0.05, 0.1) is 11.8 Å². The molecule has 0 saturated carbocycles. The molecule has 0 aliphatic rings. The summed E-state index contributed by atoms with van der Waals surface area (Å²) in [5, 5.41) is 17.7. The number of carbonyl (C=O) groups excluding carboxylic acids is 1. The molecular formula is C13H12N4O3. The third kappa shape index (κ3) is 3.77. The summed E-state index contributed by atoms with van der Waals surface area (Å²) in [4.78, 5) is 26.2. The number of nitrogens with zero attached hydrogens (tertiary/aromatic N) is 2. The smallest absolute Gasteiger partial charge is 0.328 e. The molecule has 0 atom stereocenters. The van der Waals surface area contributed by atoms with Crippen LogP contribution in [0.15, 0.2) is 36.9 Å². The molecule has 0 unspecified atom stereocenters. The van der Waals surface area contributed by atoms with Gasteiger partial charge in [0.1, 0.15) is 0 Å². The van der Waals surface area contributed by atoms with Gasteiger partial charge in [-0.15, -0.1) is 0 Å². The Bertz CT molecular complexity index is 635. The molecule has 2 heterocycles. The number of hydrogen-bond acceptors (Lipinski definition) is 4. The molecule has 7 heteroatoms. The highest BCUT2D eigenvalue weighted by Gasteiger charge is 2.06. The normalized spacial score (nSPS) is 10.6. The fourth-order valence-electron chi connectivity index (χ4n) is 1.50. The van der Waals surface area contributed by atoms with Crippen molar-refractivity contribution in [2.24, 2.45) is 0 Å². The van der Waals surface area contributed by atoms with Crippen molar-refractivity contribution in [3.63, 3.8) is 0 Å². The second-order valence-corrected chi connectivity index (χ2v) is 3.97. The van der Waals surface area contributed by atoms with Crippen LogP contribution in [0.4, 0.5) is 0 Å². The highest BCUT2D eigenvalue weighted by Crippen LogP contribution is 2.05. The molecule has 2 aromatic heterocycles. The van der Waals surface area contributed by atoms with E-state index in [0.29, 0.717) is 17.7 Å². The number of amides is 1. The summed E-state index contributed by atoms with van der Waals surface area (Å²) in [7, 11) is 0. The summed E-state index contributed by atoms with van der Waals surface area (Å²) in [5.74, 6) is -1.34. The fourth-order valence-corrected chi connectivity index (χ4v) is 1.50. The van der Waals surface area contributed by atoms with Crippen LogP contribution in [0.1, 0.15) is 21.5 Å². The molecule has 0 bridgehead atoms. The first-order chi connectivity index (χ1) is 9.65. The number of aromatic amines is 1. The molecule has 102 valence electrons. The summed E-state index contributed by atoms with van der Waals surface area (Å²) >= 11 is 0. The van der Waals surface area contributed by atoms with Gasteiger partial charge in [0.15, 0.2) is 0 Å². The van der Waals surface area contributed by atoms with Crippen LogP contribution in [-0.2, 0) is 11.3 Å². The zero-order valence-corrected chi connectivity index (χ0v) is 10.4. The second-order valence-electron chi connectivity index (χ2n) is 3.97. The number of hydrogen-bond donors (Lipinski definition) is 3. The molecule has 0 radical (unpaired) electrons. The molecule has 0 aliphatic carbocycles. The molecule has 0 fully saturated rings. The van der Waals surface area contributed by atoms with Gasteiger partial charge in [-0.3, -0.25) is 14.9 Å². The van der Waals surface area contributed by atoms with Crippen molar-refractivity contribution in [2.75, 3.05) is 0 Å². The highest BCUT2D eigenvalue weighted by molar-refractivity contribution is 5.94. The average Bonchev–Trinajstić information content (AvgIpc) is 2.96. The van der Waals surface area contributed by atoms with Crippen LogP contribution in [0.2, 0.25) is 0 Å². The summed E-state index contributed by atoms with van der Waals surface area (Å²) in [6.07, 6.45) is 8.57. The number of H-pyrrole nitrogens is 1. The van der Waals surface area contributed by atoms with E-state index in [-0.39, 0.29) is 5.91 Å². The molecule has 2 aromatic rings. The molecule has 0 aliphatic heterocycles. The minimum absolute atomic E-state index is 0.288. The van der Waals surface area contributed by atoms with Gasteiger partial charge in [-0.2, -0.15) is 5.10 Å². The van der Waals surface area contributed by atoms with Crippen molar-refractivity contribution >= 4 is 18.0 Å². The third-order valence-corrected chi connectivity index (χ3v) is 2.45. The largest absolute Gasteiger partial charge is 0.478 e. The molecule has 20 heavy (non-hydrogen) atoms. The lowest BCUT2D eigenvalue weighted by molar-refractivity contribution is -0.131. The lowest BCUT2D eigenvalue weighted by Gasteiger charge is -2.03. The maximum atomic E-state index is 11.9. The van der Waals surface area contributed by atoms with Crippen molar-refractivity contribution < 1.29 is 14.7 Å². The van der Waals surface area contributed by atoms with Crippen LogP contribution in [-0.4, -0.2) is 32.2 Å². The molecule has 1 amide bonds. The Morgan fingerprint density at radius 1 is 1.35 bits per heavy atom. The van der Waals surface area contributed by atoms with E-state index in [0.717, 1.165) is 11.6 Å². The molecule has 0 spiro atoms. The van der Waals surface area contributed by atoms with Gasteiger partial charge < -0.3 is 10.4 Å². The number of aliphatic carboxylic acids is 1. The maximum Gasteiger partial charge on any atom is 0.328 e. The van der Waals surface area contributed by atoms with Crippen molar-refractivity contribution in [3.05, 3.63) is 53.6 Å². The van der Waals surface area contributed by atoms with Crippen LogP contribution in [0.5, 0.6) is 0 Å². The highest BCUT2D eigenvalue weighted by atomic mass is 16.4. The number of pyridine rings is 1. The number of aromatic nitrogens is 3. The van der Waals surface area contributed by atoms with Gasteiger partial charge in [-0.1, -0.05) is 0 Å². The molecule has 3 N–H and O–H groups in total. The van der Waals surface area contributed by atoms with Gasteiger partial charge in [-0.25, -0.2) is 4.79 Å². The Labute approximate surface area is 114 Å². The van der Waals surface area contributed by atoms with Crippen LogP contribution in [0, 0.1) is 0 Å². The van der Waals surface area contributed by atoms with E-state index >= 15 is 0 Å². The van der Waals surface area contributed by atoms with Crippen molar-refractivity contribution in [1.29, 1.82) is 0 Å². The van der Waals surface area contributed by atoms with E-state index in [2.05, 4.69) is 20.5 Å². The minimum Gasteiger partial charge on any atom is -0.478 e. The zero-order chi connectivity index (χ0) is 14.4. The summed E-state index contributed by atoms with van der Waals surface area (Å²) in [6.45, 7) is 0.352. The SMILES string of the molecule is O=C(O)C=Cc1cncc(C(=O)NCc2cn[nH]c2)c1. The molecule has 7 nitrogen and oxygen atoms in total. The Balaban J connectivity index is 2.02. The van der Waals surface area contributed by atoms with Gasteiger partial charge in [-0.05, 0) is 17.7 Å². The Morgan fingerprint density at radius 2 is 2.20 bits per heavy atom. The lowest BCUT2D eigenvalue weighted by atomic mass is 10.2. The predicted octanol–water partition coefficient (Wildman–Crippen LogP) is 0.832. The van der Waals surface area contributed by atoms with E-state index in [9.17, 15) is 9.59 Å². The topological polar surface area (TPSA) is 108 Å². The second kappa shape index (κ2) is 6.28. The first kappa shape index (κ1) is 13.5. The Hall–Kier alpha value is -2.96. The van der Waals surface area contributed by atoms with E-state index in [1.54, 1.807) is 18.5 Å². The molecule has 2 rings (SSSR count). The average molecular weight is 272 g/mol. The number of rotatable bonds is 5. The van der Waals surface area contributed by atoms with Crippen molar-refractivity contribution in [1.82, 2.24) is 20.5 Å². The Kier molecular flexibility index (Phi) is 4.23. The van der Waals surface area contributed by atoms with Gasteiger partial charge in [0.2, 0.25) is 0 Å². The van der Waals surface area contributed by atoms with Gasteiger partial charge in [0, 0.05) is 36.8 Å². The summed E-state index contributed by atoms with van der Waals surface area (Å²) < 4.78 is 0. The van der Waals surface area contributed by atoms with E-state index in [1.165, 1.54) is 18.5 Å². The van der Waals surface area contributed by atoms with Crippen LogP contribution >= 0.6 is 0 Å². The number of carboxylic acids is 1. The van der Waals surface area contributed by atoms with Gasteiger partial charge >= 0.3 is 5.97 Å². The van der Waals surface area contributed by atoms with E-state index in [4.69, 9.17) is 5.11 Å². The number of carboxylic acid groups (broad SMARTS) is 1. The lowest BCUT2D eigenvalue weighted by Crippen LogP contribution is -2.22. The van der Waals surface area contributed by atoms with E-state index in [1.807, 2.05) is 0 Å². The minimum atomic E-state index is -1.06. The maximum absolute atomic E-state index is 11.9. The van der Waals surface area contributed by atoms with E-state index < -0.39 is 5.97 Å². The summed E-state index contributed by atoms with van der Waals surface area (Å²) in [5.41, 5.74) is 1.76. The molecule has 0 saturated heterocycles. The third-order valence-electron chi connectivity index (χ3n) is 2.45. The first-order valence-electron chi connectivity index (χ1n) is 5.77. The van der Waals surface area contributed by atoms with Crippen LogP contribution < -0.4 is 5.32 Å².